The molecule has 0 aliphatic rings. The highest BCUT2D eigenvalue weighted by Crippen LogP contribution is 2.14. The second-order valence-electron chi connectivity index (χ2n) is 5.65. The first-order chi connectivity index (χ1) is 11.0. The van der Waals surface area contributed by atoms with Crippen molar-refractivity contribution < 1.29 is 9.59 Å². The minimum atomic E-state index is -0.258. The third-order valence-corrected chi connectivity index (χ3v) is 3.36. The second kappa shape index (κ2) is 7.73. The molecule has 0 unspecified atom stereocenters. The number of hydrogen-bond donors (Lipinski definition) is 3. The minimum absolute atomic E-state index is 0.0846. The van der Waals surface area contributed by atoms with E-state index < -0.39 is 0 Å². The lowest BCUT2D eigenvalue weighted by Gasteiger charge is -2.12. The summed E-state index contributed by atoms with van der Waals surface area (Å²) < 4.78 is 1.84. The van der Waals surface area contributed by atoms with Gasteiger partial charge in [-0.15, -0.1) is 0 Å². The highest BCUT2D eigenvalue weighted by atomic mass is 32.1. The van der Waals surface area contributed by atoms with Crippen LogP contribution in [0.4, 0.5) is 0 Å². The van der Waals surface area contributed by atoms with Crippen molar-refractivity contribution in [3.63, 3.8) is 0 Å². The number of para-hydroxylation sites is 1. The van der Waals surface area contributed by atoms with Gasteiger partial charge in [0, 0.05) is 18.1 Å². The van der Waals surface area contributed by atoms with Gasteiger partial charge in [0.25, 0.3) is 5.91 Å². The number of hydrazine groups is 1. The Morgan fingerprint density at radius 1 is 1.13 bits per heavy atom. The fourth-order valence-electron chi connectivity index (χ4n) is 2.18. The van der Waals surface area contributed by atoms with Crippen molar-refractivity contribution in [2.75, 3.05) is 0 Å². The van der Waals surface area contributed by atoms with E-state index in [9.17, 15) is 9.59 Å². The second-order valence-corrected chi connectivity index (χ2v) is 6.06. The Hall–Kier alpha value is -2.41. The summed E-state index contributed by atoms with van der Waals surface area (Å²) in [6.07, 6.45) is 2.23. The van der Waals surface area contributed by atoms with E-state index in [2.05, 4.69) is 16.2 Å². The molecule has 1 aromatic carbocycles. The molecule has 0 bridgehead atoms. The largest absolute Gasteiger partial charge is 0.338 e. The van der Waals surface area contributed by atoms with Crippen molar-refractivity contribution in [2.45, 2.75) is 26.8 Å². The Kier molecular flexibility index (Phi) is 5.70. The van der Waals surface area contributed by atoms with Crippen molar-refractivity contribution in [3.8, 4) is 0 Å². The summed E-state index contributed by atoms with van der Waals surface area (Å²) in [5.41, 5.74) is 5.99. The van der Waals surface area contributed by atoms with Crippen molar-refractivity contribution in [1.29, 1.82) is 0 Å². The maximum absolute atomic E-state index is 12.0. The van der Waals surface area contributed by atoms with E-state index in [1.54, 1.807) is 0 Å². The van der Waals surface area contributed by atoms with Crippen LogP contribution in [0, 0.1) is 5.92 Å². The van der Waals surface area contributed by atoms with Crippen LogP contribution in [0.3, 0.4) is 0 Å². The number of aromatic nitrogens is 1. The summed E-state index contributed by atoms with van der Waals surface area (Å²) in [6, 6.07) is 9.77. The molecule has 2 aromatic rings. The topological polar surface area (TPSA) is 75.2 Å². The summed E-state index contributed by atoms with van der Waals surface area (Å²) in [5, 5.41) is 3.67. The van der Waals surface area contributed by atoms with Crippen molar-refractivity contribution in [1.82, 2.24) is 20.7 Å². The molecule has 0 atom stereocenters. The molecule has 6 nitrogen and oxygen atoms in total. The molecule has 0 saturated carbocycles. The maximum atomic E-state index is 12.0. The fraction of sp³-hybridized carbons (Fsp3) is 0.312. The minimum Gasteiger partial charge on any atom is -0.338 e. The fourth-order valence-corrected chi connectivity index (χ4v) is 2.34. The van der Waals surface area contributed by atoms with Gasteiger partial charge < -0.3 is 9.88 Å². The first kappa shape index (κ1) is 17.0. The molecular weight excluding hydrogens is 312 g/mol. The Morgan fingerprint density at radius 3 is 2.61 bits per heavy atom. The van der Waals surface area contributed by atoms with E-state index in [0.29, 0.717) is 6.42 Å². The van der Waals surface area contributed by atoms with Crippen LogP contribution in [-0.4, -0.2) is 21.5 Å². The predicted molar refractivity (Wildman–Crippen MR) is 93.4 cm³/mol. The number of rotatable bonds is 4. The molecule has 1 heterocycles. The lowest BCUT2D eigenvalue weighted by Crippen LogP contribution is -2.49. The van der Waals surface area contributed by atoms with Crippen LogP contribution in [0.5, 0.6) is 0 Å². The van der Waals surface area contributed by atoms with Gasteiger partial charge in [-0.25, -0.2) is 0 Å². The van der Waals surface area contributed by atoms with Crippen LogP contribution in [-0.2, 0) is 16.1 Å². The van der Waals surface area contributed by atoms with Gasteiger partial charge in [-0.05, 0) is 35.7 Å². The molecule has 7 heteroatoms. The average Bonchev–Trinajstić information content (AvgIpc) is 2.87. The zero-order valence-electron chi connectivity index (χ0n) is 13.1. The number of nitrogens with zero attached hydrogens (tertiary/aromatic N) is 1. The highest BCUT2D eigenvalue weighted by Gasteiger charge is 2.09. The van der Waals surface area contributed by atoms with Crippen LogP contribution in [0.1, 0.15) is 20.3 Å². The van der Waals surface area contributed by atoms with Gasteiger partial charge in [-0.2, -0.15) is 0 Å². The van der Waals surface area contributed by atoms with Crippen LogP contribution >= 0.6 is 12.2 Å². The standard InChI is InChI=1S/C16H20N4O2S/c1-11(2)9-14(21)17-16(23)19-18-15(22)10-20-8-7-12-5-3-4-6-13(12)20/h3-8,11H,9-10H2,1-2H3,(H,18,22)(H2,17,19,21,23). The lowest BCUT2D eigenvalue weighted by atomic mass is 10.1. The Balaban J connectivity index is 1.81. The van der Waals surface area contributed by atoms with E-state index in [1.165, 1.54) is 0 Å². The molecule has 0 saturated heterocycles. The number of amides is 2. The lowest BCUT2D eigenvalue weighted by molar-refractivity contribution is -0.123. The number of carbonyl (C=O) groups excluding carboxylic acids is 2. The molecule has 23 heavy (non-hydrogen) atoms. The molecule has 0 aliphatic heterocycles. The third-order valence-electron chi connectivity index (χ3n) is 3.16. The monoisotopic (exact) mass is 332 g/mol. The number of fused-ring (bicyclic) bond motifs is 1. The van der Waals surface area contributed by atoms with Gasteiger partial charge in [0.15, 0.2) is 5.11 Å². The van der Waals surface area contributed by atoms with E-state index in [4.69, 9.17) is 12.2 Å². The first-order valence-electron chi connectivity index (χ1n) is 7.38. The molecule has 0 fully saturated rings. The first-order valence-corrected chi connectivity index (χ1v) is 7.79. The molecular formula is C16H20N4O2S. The van der Waals surface area contributed by atoms with Gasteiger partial charge >= 0.3 is 0 Å². The maximum Gasteiger partial charge on any atom is 0.258 e. The summed E-state index contributed by atoms with van der Waals surface area (Å²) >= 11 is 4.96. The predicted octanol–water partition coefficient (Wildman–Crippen LogP) is 1.71. The quantitative estimate of drug-likeness (QED) is 0.588. The van der Waals surface area contributed by atoms with E-state index in [0.717, 1.165) is 10.9 Å². The van der Waals surface area contributed by atoms with Gasteiger partial charge in [0.05, 0.1) is 0 Å². The molecule has 2 rings (SSSR count). The van der Waals surface area contributed by atoms with Crippen LogP contribution < -0.4 is 16.2 Å². The van der Waals surface area contributed by atoms with Gasteiger partial charge in [0.2, 0.25) is 5.91 Å². The normalized spacial score (nSPS) is 10.6. The summed E-state index contributed by atoms with van der Waals surface area (Å²) in [4.78, 5) is 23.5. The summed E-state index contributed by atoms with van der Waals surface area (Å²) in [6.45, 7) is 4.04. The molecule has 0 radical (unpaired) electrons. The smallest absolute Gasteiger partial charge is 0.258 e. The third kappa shape index (κ3) is 5.07. The molecule has 0 spiro atoms. The summed E-state index contributed by atoms with van der Waals surface area (Å²) in [5.74, 6) is -0.190. The van der Waals surface area contributed by atoms with E-state index in [1.807, 2.05) is 54.9 Å². The van der Waals surface area contributed by atoms with Crippen molar-refractivity contribution in [2.24, 2.45) is 5.92 Å². The number of hydrogen-bond acceptors (Lipinski definition) is 3. The number of carbonyl (C=O) groups is 2. The van der Waals surface area contributed by atoms with Gasteiger partial charge in [-0.3, -0.25) is 20.4 Å². The Labute approximate surface area is 140 Å². The zero-order chi connectivity index (χ0) is 16.8. The Morgan fingerprint density at radius 2 is 1.87 bits per heavy atom. The number of benzene rings is 1. The SMILES string of the molecule is CC(C)CC(=O)NC(=S)NNC(=O)Cn1ccc2ccccc21. The number of nitrogens with one attached hydrogen (secondary N) is 3. The highest BCUT2D eigenvalue weighted by molar-refractivity contribution is 7.80. The van der Waals surface area contributed by atoms with Crippen molar-refractivity contribution in [3.05, 3.63) is 36.5 Å². The number of thiocarbonyl (C=S) groups is 1. The molecule has 1 aromatic heterocycles. The molecule has 122 valence electrons. The molecule has 2 amide bonds. The van der Waals surface area contributed by atoms with E-state index in [-0.39, 0.29) is 29.4 Å². The van der Waals surface area contributed by atoms with Crippen LogP contribution in [0.15, 0.2) is 36.5 Å². The van der Waals surface area contributed by atoms with Crippen LogP contribution in [0.2, 0.25) is 0 Å². The van der Waals surface area contributed by atoms with Gasteiger partial charge in [-0.1, -0.05) is 32.0 Å². The van der Waals surface area contributed by atoms with E-state index >= 15 is 0 Å². The van der Waals surface area contributed by atoms with Crippen LogP contribution in [0.25, 0.3) is 10.9 Å². The Bertz CT molecular complexity index is 724. The molecule has 3 N–H and O–H groups in total. The molecule has 0 aliphatic carbocycles. The van der Waals surface area contributed by atoms with Crippen molar-refractivity contribution >= 4 is 40.0 Å². The average molecular weight is 332 g/mol. The van der Waals surface area contributed by atoms with Gasteiger partial charge in [0.1, 0.15) is 6.54 Å². The summed E-state index contributed by atoms with van der Waals surface area (Å²) in [7, 11) is 0. The zero-order valence-corrected chi connectivity index (χ0v) is 13.9.